The molecule has 1 unspecified atom stereocenters. The van der Waals surface area contributed by atoms with Crippen molar-refractivity contribution in [1.29, 1.82) is 0 Å². The van der Waals surface area contributed by atoms with Gasteiger partial charge in [-0.25, -0.2) is 0 Å². The second kappa shape index (κ2) is 6.49. The average molecular weight is 310 g/mol. The maximum atomic E-state index is 5.98. The fraction of sp³-hybridized carbons (Fsp3) is 0.250. The summed E-state index contributed by atoms with van der Waals surface area (Å²) in [5, 5.41) is 1.10. The predicted octanol–water partition coefficient (Wildman–Crippen LogP) is 4.98. The first-order chi connectivity index (χ1) is 9.44. The molecule has 0 spiro atoms. The fourth-order valence-corrected chi connectivity index (χ4v) is 2.53. The van der Waals surface area contributed by atoms with Gasteiger partial charge in [-0.3, -0.25) is 0 Å². The van der Waals surface area contributed by atoms with E-state index in [-0.39, 0.29) is 6.04 Å². The molecule has 0 aromatic heterocycles. The van der Waals surface area contributed by atoms with Crippen LogP contribution in [0.15, 0.2) is 36.4 Å². The van der Waals surface area contributed by atoms with Gasteiger partial charge in [0, 0.05) is 16.1 Å². The first-order valence-corrected chi connectivity index (χ1v) is 7.18. The summed E-state index contributed by atoms with van der Waals surface area (Å²) >= 11 is 12.0. The Morgan fingerprint density at radius 1 is 1.10 bits per heavy atom. The van der Waals surface area contributed by atoms with Crippen molar-refractivity contribution in [3.8, 4) is 11.5 Å². The summed E-state index contributed by atoms with van der Waals surface area (Å²) in [6.07, 6.45) is 0.755. The summed E-state index contributed by atoms with van der Waals surface area (Å²) in [7, 11) is 0. The third kappa shape index (κ3) is 4.14. The molecule has 0 bridgehead atoms. The van der Waals surface area contributed by atoms with E-state index in [4.69, 9.17) is 33.7 Å². The van der Waals surface area contributed by atoms with Crippen molar-refractivity contribution in [2.24, 2.45) is 5.73 Å². The lowest BCUT2D eigenvalue weighted by molar-refractivity contribution is 0.473. The first-order valence-electron chi connectivity index (χ1n) is 6.43. The maximum absolute atomic E-state index is 5.98. The number of halogens is 2. The van der Waals surface area contributed by atoms with Gasteiger partial charge in [-0.1, -0.05) is 40.9 Å². The normalized spacial score (nSPS) is 12.2. The van der Waals surface area contributed by atoms with Crippen molar-refractivity contribution >= 4 is 23.2 Å². The lowest BCUT2D eigenvalue weighted by Gasteiger charge is -2.14. The average Bonchev–Trinajstić information content (AvgIpc) is 2.30. The van der Waals surface area contributed by atoms with Crippen LogP contribution in [0, 0.1) is 6.92 Å². The summed E-state index contributed by atoms with van der Waals surface area (Å²) < 4.78 is 5.90. The molecule has 0 aliphatic carbocycles. The van der Waals surface area contributed by atoms with Crippen LogP contribution in [0.1, 0.15) is 18.1 Å². The highest BCUT2D eigenvalue weighted by molar-refractivity contribution is 6.34. The second-order valence-electron chi connectivity index (χ2n) is 5.00. The molecule has 2 aromatic rings. The molecule has 0 saturated heterocycles. The molecule has 0 aliphatic rings. The fourth-order valence-electron chi connectivity index (χ4n) is 2.03. The monoisotopic (exact) mass is 309 g/mol. The van der Waals surface area contributed by atoms with Crippen LogP contribution in [0.4, 0.5) is 0 Å². The van der Waals surface area contributed by atoms with Crippen LogP contribution in [0.25, 0.3) is 0 Å². The Kier molecular flexibility index (Phi) is 4.92. The van der Waals surface area contributed by atoms with Crippen LogP contribution in [-0.2, 0) is 6.42 Å². The highest BCUT2D eigenvalue weighted by atomic mass is 35.5. The van der Waals surface area contributed by atoms with E-state index in [2.05, 4.69) is 6.07 Å². The van der Waals surface area contributed by atoms with E-state index >= 15 is 0 Å². The molecule has 2 nitrogen and oxygen atoms in total. The van der Waals surface area contributed by atoms with Gasteiger partial charge in [0.15, 0.2) is 0 Å². The molecule has 0 heterocycles. The summed E-state index contributed by atoms with van der Waals surface area (Å²) in [4.78, 5) is 0. The molecule has 0 fully saturated rings. The Hall–Kier alpha value is -1.22. The minimum Gasteiger partial charge on any atom is -0.457 e. The smallest absolute Gasteiger partial charge is 0.130 e. The lowest BCUT2D eigenvalue weighted by atomic mass is 10.0. The van der Waals surface area contributed by atoms with Gasteiger partial charge < -0.3 is 10.5 Å². The van der Waals surface area contributed by atoms with Crippen LogP contribution in [0.3, 0.4) is 0 Å². The summed E-state index contributed by atoms with van der Waals surface area (Å²) in [6, 6.07) is 11.3. The number of aryl methyl sites for hydroxylation is 1. The van der Waals surface area contributed by atoms with Gasteiger partial charge in [0.2, 0.25) is 0 Å². The topological polar surface area (TPSA) is 35.2 Å². The molecule has 0 radical (unpaired) electrons. The third-order valence-electron chi connectivity index (χ3n) is 2.82. The molecular weight excluding hydrogens is 293 g/mol. The van der Waals surface area contributed by atoms with E-state index in [1.807, 2.05) is 26.0 Å². The third-order valence-corrected chi connectivity index (χ3v) is 3.26. The van der Waals surface area contributed by atoms with E-state index in [0.717, 1.165) is 17.7 Å². The molecule has 2 N–H and O–H groups in total. The van der Waals surface area contributed by atoms with Gasteiger partial charge in [-0.15, -0.1) is 0 Å². The Labute approximate surface area is 129 Å². The zero-order valence-corrected chi connectivity index (χ0v) is 13.0. The van der Waals surface area contributed by atoms with Crippen molar-refractivity contribution < 1.29 is 4.74 Å². The number of benzene rings is 2. The van der Waals surface area contributed by atoms with Crippen LogP contribution >= 0.6 is 23.2 Å². The number of ether oxygens (including phenoxy) is 1. The highest BCUT2D eigenvalue weighted by Crippen LogP contribution is 2.31. The summed E-state index contributed by atoms with van der Waals surface area (Å²) in [5.74, 6) is 1.41. The molecule has 2 aromatic carbocycles. The maximum Gasteiger partial charge on any atom is 0.130 e. The van der Waals surface area contributed by atoms with Gasteiger partial charge in [0.05, 0.1) is 0 Å². The van der Waals surface area contributed by atoms with Crippen molar-refractivity contribution in [2.45, 2.75) is 26.3 Å². The molecule has 0 aliphatic heterocycles. The van der Waals surface area contributed by atoms with Gasteiger partial charge in [0.25, 0.3) is 0 Å². The quantitative estimate of drug-likeness (QED) is 0.864. The molecule has 0 amide bonds. The second-order valence-corrected chi connectivity index (χ2v) is 5.87. The Balaban J connectivity index is 2.32. The van der Waals surface area contributed by atoms with Crippen molar-refractivity contribution in [1.82, 2.24) is 0 Å². The highest BCUT2D eigenvalue weighted by Gasteiger charge is 2.09. The summed E-state index contributed by atoms with van der Waals surface area (Å²) in [5.41, 5.74) is 8.14. The van der Waals surface area contributed by atoms with E-state index in [9.17, 15) is 0 Å². The minimum absolute atomic E-state index is 0.0714. The SMILES string of the molecule is Cc1ccc(Oc2cc(Cl)cc(Cl)c2)c(CC(C)N)c1. The molecule has 20 heavy (non-hydrogen) atoms. The number of rotatable bonds is 4. The van der Waals surface area contributed by atoms with Crippen molar-refractivity contribution in [3.05, 3.63) is 57.6 Å². The molecule has 2 rings (SSSR count). The molecule has 106 valence electrons. The number of hydrogen-bond acceptors (Lipinski definition) is 2. The summed E-state index contributed by atoms with van der Waals surface area (Å²) in [6.45, 7) is 4.02. The lowest BCUT2D eigenvalue weighted by Crippen LogP contribution is -2.18. The van der Waals surface area contributed by atoms with E-state index in [0.29, 0.717) is 15.8 Å². The molecule has 0 saturated carbocycles. The van der Waals surface area contributed by atoms with Gasteiger partial charge in [-0.05, 0) is 50.1 Å². The van der Waals surface area contributed by atoms with E-state index < -0.39 is 0 Å². The standard InChI is InChI=1S/C16H17Cl2NO/c1-10-3-4-16(12(5-10)6-11(2)19)20-15-8-13(17)7-14(18)9-15/h3-5,7-9,11H,6,19H2,1-2H3. The van der Waals surface area contributed by atoms with E-state index in [1.54, 1.807) is 18.2 Å². The Morgan fingerprint density at radius 3 is 2.35 bits per heavy atom. The Morgan fingerprint density at radius 2 is 1.75 bits per heavy atom. The molecular formula is C16H17Cl2NO. The van der Waals surface area contributed by atoms with Crippen LogP contribution in [0.5, 0.6) is 11.5 Å². The predicted molar refractivity (Wildman–Crippen MR) is 85.1 cm³/mol. The molecule has 4 heteroatoms. The largest absolute Gasteiger partial charge is 0.457 e. The van der Waals surface area contributed by atoms with Gasteiger partial charge in [0.1, 0.15) is 11.5 Å². The van der Waals surface area contributed by atoms with Gasteiger partial charge in [-0.2, -0.15) is 0 Å². The number of nitrogens with two attached hydrogens (primary N) is 1. The zero-order chi connectivity index (χ0) is 14.7. The minimum atomic E-state index is 0.0714. The molecule has 1 atom stereocenters. The van der Waals surface area contributed by atoms with Crippen LogP contribution in [0.2, 0.25) is 10.0 Å². The van der Waals surface area contributed by atoms with E-state index in [1.165, 1.54) is 5.56 Å². The van der Waals surface area contributed by atoms with Crippen molar-refractivity contribution in [2.75, 3.05) is 0 Å². The number of hydrogen-bond donors (Lipinski definition) is 1. The zero-order valence-electron chi connectivity index (χ0n) is 11.5. The Bertz CT molecular complexity index is 591. The van der Waals surface area contributed by atoms with Crippen molar-refractivity contribution in [3.63, 3.8) is 0 Å². The van der Waals surface area contributed by atoms with Crippen LogP contribution in [-0.4, -0.2) is 6.04 Å². The van der Waals surface area contributed by atoms with Crippen LogP contribution < -0.4 is 10.5 Å². The first kappa shape index (κ1) is 15.2. The van der Waals surface area contributed by atoms with Gasteiger partial charge >= 0.3 is 0 Å².